The van der Waals surface area contributed by atoms with Crippen molar-refractivity contribution in [3.05, 3.63) is 47.1 Å². The molecule has 32 heavy (non-hydrogen) atoms. The van der Waals surface area contributed by atoms with E-state index in [4.69, 9.17) is 16.7 Å². The maximum absolute atomic E-state index is 12.3. The van der Waals surface area contributed by atoms with Gasteiger partial charge in [-0.2, -0.15) is 0 Å². The molecule has 1 atom stereocenters. The number of pyridine rings is 1. The average Bonchev–Trinajstić information content (AvgIpc) is 2.74. The monoisotopic (exact) mass is 474 g/mol. The van der Waals surface area contributed by atoms with Crippen LogP contribution in [0.4, 0.5) is 24.7 Å². The third-order valence-electron chi connectivity index (χ3n) is 4.81. The number of anilines is 2. The molecule has 3 rings (SSSR count). The van der Waals surface area contributed by atoms with Crippen molar-refractivity contribution in [1.82, 2.24) is 9.88 Å². The van der Waals surface area contributed by atoms with Crippen molar-refractivity contribution < 1.29 is 32.9 Å². The molecule has 1 saturated heterocycles. The summed E-state index contributed by atoms with van der Waals surface area (Å²) in [6.07, 6.45) is -4.35. The molecule has 174 valence electrons. The third-order valence-corrected chi connectivity index (χ3v) is 5.09. The minimum absolute atomic E-state index is 0.122. The molecule has 0 aliphatic carbocycles. The van der Waals surface area contributed by atoms with Gasteiger partial charge in [0.1, 0.15) is 17.7 Å². The Morgan fingerprint density at radius 1 is 1.22 bits per heavy atom. The van der Waals surface area contributed by atoms with Gasteiger partial charge in [-0.15, -0.1) is 13.2 Å². The summed E-state index contributed by atoms with van der Waals surface area (Å²) < 4.78 is 40.4. The van der Waals surface area contributed by atoms with E-state index < -0.39 is 19.1 Å². The molecular weight excluding hydrogens is 453 g/mol. The first kappa shape index (κ1) is 24.1. The molecule has 0 saturated carbocycles. The Morgan fingerprint density at radius 2 is 1.88 bits per heavy atom. The second-order valence-corrected chi connectivity index (χ2v) is 7.56. The van der Waals surface area contributed by atoms with E-state index in [0.29, 0.717) is 48.3 Å². The Hall–Kier alpha value is -2.60. The van der Waals surface area contributed by atoms with E-state index in [9.17, 15) is 23.1 Å². The maximum atomic E-state index is 12.3. The van der Waals surface area contributed by atoms with Gasteiger partial charge in [-0.25, -0.2) is 4.98 Å². The SMILES string of the molecule is O=C(CN1CCN(c2ncc([C@H](O)CO)cc2Cl)CC1)Nc1ccc(OC(F)(F)F)cc1. The van der Waals surface area contributed by atoms with Gasteiger partial charge in [-0.1, -0.05) is 11.6 Å². The Bertz CT molecular complexity index is 922. The van der Waals surface area contributed by atoms with E-state index in [1.807, 2.05) is 9.80 Å². The van der Waals surface area contributed by atoms with Crippen molar-refractivity contribution >= 4 is 29.0 Å². The van der Waals surface area contributed by atoms with E-state index in [0.717, 1.165) is 12.1 Å². The Kier molecular flexibility index (Phi) is 7.77. The second-order valence-electron chi connectivity index (χ2n) is 7.16. The fraction of sp³-hybridized carbons (Fsp3) is 0.400. The smallest absolute Gasteiger partial charge is 0.406 e. The summed E-state index contributed by atoms with van der Waals surface area (Å²) in [6.45, 7) is 1.99. The lowest BCUT2D eigenvalue weighted by molar-refractivity contribution is -0.274. The van der Waals surface area contributed by atoms with Crippen molar-refractivity contribution in [1.29, 1.82) is 0 Å². The van der Waals surface area contributed by atoms with Crippen LogP contribution in [0.25, 0.3) is 0 Å². The summed E-state index contributed by atoms with van der Waals surface area (Å²) in [5.74, 6) is -0.0925. The summed E-state index contributed by atoms with van der Waals surface area (Å²) in [5, 5.41) is 21.7. The lowest BCUT2D eigenvalue weighted by atomic mass is 10.1. The standard InChI is InChI=1S/C20H22ClF3N4O4/c21-16-9-13(17(30)12-29)10-25-19(16)28-7-5-27(6-8-28)11-18(31)26-14-1-3-15(4-2-14)32-20(22,23)24/h1-4,9-10,17,29-30H,5-8,11-12H2,(H,26,31)/t17-/m1/s1. The van der Waals surface area contributed by atoms with Gasteiger partial charge in [-0.05, 0) is 30.3 Å². The number of nitrogens with zero attached hydrogens (tertiary/aromatic N) is 3. The molecule has 1 amide bonds. The fourth-order valence-corrected chi connectivity index (χ4v) is 3.52. The number of aliphatic hydroxyl groups excluding tert-OH is 2. The number of ether oxygens (including phenoxy) is 1. The van der Waals surface area contributed by atoms with Gasteiger partial charge in [0.05, 0.1) is 18.2 Å². The molecule has 1 fully saturated rings. The number of benzene rings is 1. The molecule has 1 aliphatic heterocycles. The zero-order valence-corrected chi connectivity index (χ0v) is 17.6. The van der Waals surface area contributed by atoms with Gasteiger partial charge in [0.25, 0.3) is 0 Å². The van der Waals surface area contributed by atoms with Crippen LogP contribution in [0.2, 0.25) is 5.02 Å². The first-order chi connectivity index (χ1) is 15.1. The maximum Gasteiger partial charge on any atom is 0.573 e. The topological polar surface area (TPSA) is 98.2 Å². The number of amides is 1. The minimum atomic E-state index is -4.77. The third kappa shape index (κ3) is 6.70. The number of carbonyl (C=O) groups is 1. The van der Waals surface area contributed by atoms with Crippen LogP contribution in [0.5, 0.6) is 5.75 Å². The molecule has 0 spiro atoms. The molecule has 12 heteroatoms. The van der Waals surface area contributed by atoms with Crippen LogP contribution < -0.4 is 15.0 Å². The van der Waals surface area contributed by atoms with Gasteiger partial charge >= 0.3 is 6.36 Å². The summed E-state index contributed by atoms with van der Waals surface area (Å²) in [7, 11) is 0. The number of carbonyl (C=O) groups excluding carboxylic acids is 1. The molecule has 2 aromatic rings. The van der Waals surface area contributed by atoms with Gasteiger partial charge in [0.15, 0.2) is 0 Å². The van der Waals surface area contributed by atoms with Crippen LogP contribution in [0.3, 0.4) is 0 Å². The van der Waals surface area contributed by atoms with Crippen LogP contribution in [0.15, 0.2) is 36.5 Å². The lowest BCUT2D eigenvalue weighted by Crippen LogP contribution is -2.49. The van der Waals surface area contributed by atoms with Crippen LogP contribution in [0, 0.1) is 0 Å². The lowest BCUT2D eigenvalue weighted by Gasteiger charge is -2.35. The molecule has 3 N–H and O–H groups in total. The number of rotatable bonds is 7. The number of aromatic nitrogens is 1. The summed E-state index contributed by atoms with van der Waals surface area (Å²) in [6, 6.07) is 6.49. The molecule has 0 radical (unpaired) electrons. The molecule has 8 nitrogen and oxygen atoms in total. The van der Waals surface area contributed by atoms with E-state index >= 15 is 0 Å². The fourth-order valence-electron chi connectivity index (χ4n) is 3.23. The first-order valence-corrected chi connectivity index (χ1v) is 10.1. The zero-order chi connectivity index (χ0) is 23.3. The average molecular weight is 475 g/mol. The van der Waals surface area contributed by atoms with Crippen molar-refractivity contribution in [2.45, 2.75) is 12.5 Å². The number of nitrogens with one attached hydrogen (secondary N) is 1. The Balaban J connectivity index is 1.48. The summed E-state index contributed by atoms with van der Waals surface area (Å²) >= 11 is 6.28. The van der Waals surface area contributed by atoms with Gasteiger partial charge < -0.3 is 25.2 Å². The number of halogens is 4. The van der Waals surface area contributed by atoms with Crippen molar-refractivity contribution in [3.8, 4) is 5.75 Å². The number of alkyl halides is 3. The Labute approximate surface area is 187 Å². The first-order valence-electron chi connectivity index (χ1n) is 9.72. The van der Waals surface area contributed by atoms with Crippen LogP contribution >= 0.6 is 11.6 Å². The number of aliphatic hydroxyl groups is 2. The quantitative estimate of drug-likeness (QED) is 0.567. The van der Waals surface area contributed by atoms with E-state index in [1.165, 1.54) is 18.3 Å². The number of hydrogen-bond acceptors (Lipinski definition) is 7. The van der Waals surface area contributed by atoms with Crippen molar-refractivity contribution in [2.24, 2.45) is 0 Å². The molecule has 0 bridgehead atoms. The largest absolute Gasteiger partial charge is 0.573 e. The van der Waals surface area contributed by atoms with E-state index in [1.54, 1.807) is 6.07 Å². The molecule has 0 unspecified atom stereocenters. The van der Waals surface area contributed by atoms with Crippen molar-refractivity contribution in [2.75, 3.05) is 49.5 Å². The van der Waals surface area contributed by atoms with Crippen LogP contribution in [-0.4, -0.2) is 71.7 Å². The predicted molar refractivity (Wildman–Crippen MR) is 112 cm³/mol. The normalized spacial score (nSPS) is 16.0. The second kappa shape index (κ2) is 10.3. The predicted octanol–water partition coefficient (Wildman–Crippen LogP) is 2.42. The molecule has 2 heterocycles. The molecule has 1 aliphatic rings. The van der Waals surface area contributed by atoms with Gasteiger partial charge in [-0.3, -0.25) is 9.69 Å². The number of hydrogen-bond donors (Lipinski definition) is 3. The highest BCUT2D eigenvalue weighted by Gasteiger charge is 2.31. The highest BCUT2D eigenvalue weighted by Crippen LogP contribution is 2.27. The van der Waals surface area contributed by atoms with Gasteiger partial charge in [0.2, 0.25) is 5.91 Å². The van der Waals surface area contributed by atoms with Crippen LogP contribution in [-0.2, 0) is 4.79 Å². The van der Waals surface area contributed by atoms with Crippen LogP contribution in [0.1, 0.15) is 11.7 Å². The Morgan fingerprint density at radius 3 is 2.44 bits per heavy atom. The summed E-state index contributed by atoms with van der Waals surface area (Å²) in [5.41, 5.74) is 0.791. The summed E-state index contributed by atoms with van der Waals surface area (Å²) in [4.78, 5) is 20.5. The van der Waals surface area contributed by atoms with Gasteiger partial charge in [0, 0.05) is 43.6 Å². The highest BCUT2D eigenvalue weighted by molar-refractivity contribution is 6.33. The molecule has 1 aromatic carbocycles. The number of piperazine rings is 1. The molecular formula is C20H22ClF3N4O4. The highest BCUT2D eigenvalue weighted by atomic mass is 35.5. The van der Waals surface area contributed by atoms with Crippen molar-refractivity contribution in [3.63, 3.8) is 0 Å². The zero-order valence-electron chi connectivity index (χ0n) is 16.8. The van der Waals surface area contributed by atoms with E-state index in [2.05, 4.69) is 15.0 Å². The molecule has 1 aromatic heterocycles. The van der Waals surface area contributed by atoms with E-state index in [-0.39, 0.29) is 18.2 Å². The minimum Gasteiger partial charge on any atom is -0.406 e.